The molecule has 2 nitrogen and oxygen atoms in total. The molecule has 1 rings (SSSR count). The van der Waals surface area contributed by atoms with Crippen molar-refractivity contribution in [3.05, 3.63) is 0 Å². The number of carbonyl (C=O) groups is 1. The molecule has 10 heavy (non-hydrogen) atoms. The van der Waals surface area contributed by atoms with E-state index < -0.39 is 0 Å². The van der Waals surface area contributed by atoms with E-state index >= 15 is 0 Å². The maximum Gasteiger partial charge on any atom is 0.222 e. The second-order valence-electron chi connectivity index (χ2n) is 2.97. The molecule has 0 aromatic rings. The number of carbonyl (C=O) groups excluding carboxylic acids is 1. The summed E-state index contributed by atoms with van der Waals surface area (Å²) in [6.45, 7) is 5.18. The fourth-order valence-electron chi connectivity index (χ4n) is 1.46. The monoisotopic (exact) mass is 141 g/mol. The minimum absolute atomic E-state index is 0.342. The standard InChI is InChI=1S/C8H15NO/c1-3-6-9-7(2)4-5-8(9)10/h7H,3-6H2,1-2H3/t7-/m1/s1. The average molecular weight is 141 g/mol. The molecular formula is C8H15NO. The zero-order valence-corrected chi connectivity index (χ0v) is 6.76. The molecule has 1 atom stereocenters. The van der Waals surface area contributed by atoms with Crippen LogP contribution in [0, 0.1) is 0 Å². The molecule has 1 fully saturated rings. The maximum absolute atomic E-state index is 11.1. The lowest BCUT2D eigenvalue weighted by Gasteiger charge is -2.20. The maximum atomic E-state index is 11.1. The number of nitrogens with zero attached hydrogens (tertiary/aromatic N) is 1. The average Bonchev–Trinajstić information content (AvgIpc) is 2.20. The van der Waals surface area contributed by atoms with E-state index in [9.17, 15) is 4.79 Å². The molecule has 1 aliphatic rings. The van der Waals surface area contributed by atoms with Gasteiger partial charge in [0.1, 0.15) is 0 Å². The van der Waals surface area contributed by atoms with Crippen molar-refractivity contribution in [1.82, 2.24) is 4.90 Å². The van der Waals surface area contributed by atoms with Gasteiger partial charge >= 0.3 is 0 Å². The molecule has 0 spiro atoms. The summed E-state index contributed by atoms with van der Waals surface area (Å²) in [5.41, 5.74) is 0. The Morgan fingerprint density at radius 3 is 2.80 bits per heavy atom. The van der Waals surface area contributed by atoms with Gasteiger partial charge in [-0.2, -0.15) is 0 Å². The summed E-state index contributed by atoms with van der Waals surface area (Å²) in [5, 5.41) is 0. The van der Waals surface area contributed by atoms with Gasteiger partial charge in [0, 0.05) is 19.0 Å². The third kappa shape index (κ3) is 1.31. The fraction of sp³-hybridized carbons (Fsp3) is 0.875. The van der Waals surface area contributed by atoms with Gasteiger partial charge in [-0.1, -0.05) is 6.92 Å². The molecule has 0 saturated carbocycles. The third-order valence-corrected chi connectivity index (χ3v) is 2.09. The van der Waals surface area contributed by atoms with Crippen molar-refractivity contribution < 1.29 is 4.79 Å². The van der Waals surface area contributed by atoms with Crippen LogP contribution in [0.25, 0.3) is 0 Å². The molecular weight excluding hydrogens is 126 g/mol. The topological polar surface area (TPSA) is 20.3 Å². The smallest absolute Gasteiger partial charge is 0.222 e. The molecule has 0 aliphatic carbocycles. The largest absolute Gasteiger partial charge is 0.340 e. The van der Waals surface area contributed by atoms with E-state index in [-0.39, 0.29) is 0 Å². The molecule has 1 heterocycles. The van der Waals surface area contributed by atoms with Gasteiger partial charge in [0.2, 0.25) is 5.91 Å². The van der Waals surface area contributed by atoms with Gasteiger partial charge < -0.3 is 4.90 Å². The molecule has 1 saturated heterocycles. The SMILES string of the molecule is CCCN1C(=O)CC[C@H]1C. The normalized spacial score (nSPS) is 26.0. The van der Waals surface area contributed by atoms with Gasteiger partial charge in [0.05, 0.1) is 0 Å². The van der Waals surface area contributed by atoms with Crippen molar-refractivity contribution in [2.45, 2.75) is 39.2 Å². The summed E-state index contributed by atoms with van der Waals surface area (Å²) < 4.78 is 0. The summed E-state index contributed by atoms with van der Waals surface area (Å²) in [7, 11) is 0. The number of amides is 1. The zero-order valence-electron chi connectivity index (χ0n) is 6.76. The van der Waals surface area contributed by atoms with Crippen LogP contribution in [0.3, 0.4) is 0 Å². The Labute approximate surface area is 62.2 Å². The summed E-state index contributed by atoms with van der Waals surface area (Å²) >= 11 is 0. The number of rotatable bonds is 2. The van der Waals surface area contributed by atoms with E-state index in [0.29, 0.717) is 11.9 Å². The predicted molar refractivity (Wildman–Crippen MR) is 40.7 cm³/mol. The van der Waals surface area contributed by atoms with Crippen LogP contribution >= 0.6 is 0 Å². The highest BCUT2D eigenvalue weighted by atomic mass is 16.2. The van der Waals surface area contributed by atoms with Crippen LogP contribution in [0.2, 0.25) is 0 Å². The molecule has 2 heteroatoms. The second kappa shape index (κ2) is 3.04. The van der Waals surface area contributed by atoms with Crippen molar-refractivity contribution in [3.63, 3.8) is 0 Å². The minimum atomic E-state index is 0.342. The highest BCUT2D eigenvalue weighted by Crippen LogP contribution is 2.17. The molecule has 0 bridgehead atoms. The molecule has 0 radical (unpaired) electrons. The lowest BCUT2D eigenvalue weighted by atomic mass is 10.2. The van der Waals surface area contributed by atoms with Crippen LogP contribution < -0.4 is 0 Å². The van der Waals surface area contributed by atoms with E-state index in [1.54, 1.807) is 0 Å². The Morgan fingerprint density at radius 1 is 1.70 bits per heavy atom. The van der Waals surface area contributed by atoms with Gasteiger partial charge in [0.15, 0.2) is 0 Å². The van der Waals surface area contributed by atoms with E-state index in [1.165, 1.54) is 0 Å². The first-order chi connectivity index (χ1) is 4.75. The van der Waals surface area contributed by atoms with Crippen molar-refractivity contribution in [1.29, 1.82) is 0 Å². The fourth-order valence-corrected chi connectivity index (χ4v) is 1.46. The Kier molecular flexibility index (Phi) is 2.30. The van der Waals surface area contributed by atoms with Crippen molar-refractivity contribution in [3.8, 4) is 0 Å². The molecule has 0 aromatic carbocycles. The van der Waals surface area contributed by atoms with Crippen molar-refractivity contribution in [2.75, 3.05) is 6.54 Å². The Hall–Kier alpha value is -0.530. The highest BCUT2D eigenvalue weighted by Gasteiger charge is 2.25. The molecule has 0 N–H and O–H groups in total. The van der Waals surface area contributed by atoms with Crippen molar-refractivity contribution >= 4 is 5.91 Å². The Morgan fingerprint density at radius 2 is 2.40 bits per heavy atom. The lowest BCUT2D eigenvalue weighted by Crippen LogP contribution is -2.31. The molecule has 0 unspecified atom stereocenters. The molecule has 58 valence electrons. The van der Waals surface area contributed by atoms with Crippen LogP contribution in [0.5, 0.6) is 0 Å². The lowest BCUT2D eigenvalue weighted by molar-refractivity contribution is -0.128. The first-order valence-corrected chi connectivity index (χ1v) is 4.05. The first-order valence-electron chi connectivity index (χ1n) is 4.05. The van der Waals surface area contributed by atoms with Gasteiger partial charge in [-0.25, -0.2) is 0 Å². The van der Waals surface area contributed by atoms with Crippen LogP contribution in [0.4, 0.5) is 0 Å². The van der Waals surface area contributed by atoms with Gasteiger partial charge in [-0.05, 0) is 19.8 Å². The van der Waals surface area contributed by atoms with E-state index in [2.05, 4.69) is 13.8 Å². The van der Waals surface area contributed by atoms with Gasteiger partial charge in [-0.3, -0.25) is 4.79 Å². The minimum Gasteiger partial charge on any atom is -0.340 e. The van der Waals surface area contributed by atoms with Crippen LogP contribution in [0.15, 0.2) is 0 Å². The quantitative estimate of drug-likeness (QED) is 0.569. The molecule has 1 amide bonds. The summed E-state index contributed by atoms with van der Waals surface area (Å²) in [5.74, 6) is 0.342. The Balaban J connectivity index is 2.46. The predicted octanol–water partition coefficient (Wildman–Crippen LogP) is 1.41. The van der Waals surface area contributed by atoms with Gasteiger partial charge in [0.25, 0.3) is 0 Å². The first kappa shape index (κ1) is 7.58. The number of likely N-dealkylation sites (tertiary alicyclic amines) is 1. The van der Waals surface area contributed by atoms with Crippen LogP contribution in [-0.2, 0) is 4.79 Å². The van der Waals surface area contributed by atoms with Crippen molar-refractivity contribution in [2.24, 2.45) is 0 Å². The summed E-state index contributed by atoms with van der Waals surface area (Å²) in [6.07, 6.45) is 2.90. The molecule has 0 aromatic heterocycles. The van der Waals surface area contributed by atoms with E-state index in [4.69, 9.17) is 0 Å². The van der Waals surface area contributed by atoms with Gasteiger partial charge in [-0.15, -0.1) is 0 Å². The van der Waals surface area contributed by atoms with E-state index in [0.717, 1.165) is 25.8 Å². The zero-order chi connectivity index (χ0) is 7.56. The van der Waals surface area contributed by atoms with Crippen LogP contribution in [0.1, 0.15) is 33.1 Å². The summed E-state index contributed by atoms with van der Waals surface area (Å²) in [6, 6.07) is 0.493. The summed E-state index contributed by atoms with van der Waals surface area (Å²) in [4.78, 5) is 13.1. The number of hydrogen-bond donors (Lipinski definition) is 0. The Bertz CT molecular complexity index is 133. The third-order valence-electron chi connectivity index (χ3n) is 2.09. The highest BCUT2D eigenvalue weighted by molar-refractivity contribution is 5.78. The molecule has 1 aliphatic heterocycles. The number of hydrogen-bond acceptors (Lipinski definition) is 1. The van der Waals surface area contributed by atoms with E-state index in [1.807, 2.05) is 4.90 Å². The van der Waals surface area contributed by atoms with Crippen LogP contribution in [-0.4, -0.2) is 23.4 Å². The second-order valence-corrected chi connectivity index (χ2v) is 2.97.